The number of fused-ring (bicyclic) bond motifs is 1. The van der Waals surface area contributed by atoms with E-state index in [4.69, 9.17) is 0 Å². The smallest absolute Gasteiger partial charge is 0.254 e. The van der Waals surface area contributed by atoms with Gasteiger partial charge in [0.1, 0.15) is 6.54 Å². The summed E-state index contributed by atoms with van der Waals surface area (Å²) < 4.78 is 1.56. The Morgan fingerprint density at radius 2 is 2.04 bits per heavy atom. The van der Waals surface area contributed by atoms with Crippen LogP contribution >= 0.6 is 0 Å². The van der Waals surface area contributed by atoms with Crippen molar-refractivity contribution in [2.24, 2.45) is 7.05 Å². The maximum Gasteiger partial charge on any atom is 0.254 e. The molecular weight excluding hydrogens is 344 g/mol. The largest absolute Gasteiger partial charge is 0.329 e. The van der Waals surface area contributed by atoms with Gasteiger partial charge in [-0.3, -0.25) is 9.59 Å². The van der Waals surface area contributed by atoms with Crippen LogP contribution in [0, 0.1) is 0 Å². The normalized spacial score (nSPS) is 13.4. The van der Waals surface area contributed by atoms with Crippen molar-refractivity contribution < 1.29 is 9.59 Å². The highest BCUT2D eigenvalue weighted by Crippen LogP contribution is 2.21. The van der Waals surface area contributed by atoms with Gasteiger partial charge >= 0.3 is 0 Å². The Hall–Kier alpha value is -3.55. The number of nitrogens with one attached hydrogen (secondary N) is 1. The minimum atomic E-state index is -0.240. The van der Waals surface area contributed by atoms with Gasteiger partial charge in [0.25, 0.3) is 5.91 Å². The average Bonchev–Trinajstić information content (AvgIpc) is 3.10. The number of carbonyl (C=O) groups is 2. The lowest BCUT2D eigenvalue weighted by atomic mass is 9.99. The minimum absolute atomic E-state index is 0.0168. The topological polar surface area (TPSA) is 93.0 Å². The molecule has 4 rings (SSSR count). The first-order chi connectivity index (χ1) is 13.1. The number of carbonyl (C=O) groups excluding carboxylic acids is 2. The molecule has 0 atom stereocenters. The van der Waals surface area contributed by atoms with Crippen molar-refractivity contribution in [3.63, 3.8) is 0 Å². The third kappa shape index (κ3) is 3.41. The van der Waals surface area contributed by atoms with Gasteiger partial charge in [0, 0.05) is 30.4 Å². The SMILES string of the molecule is Cn1nnnc1-c1cccc(NC(=O)CN2CCc3ccccc3C2=O)c1. The maximum atomic E-state index is 12.6. The van der Waals surface area contributed by atoms with E-state index < -0.39 is 0 Å². The number of benzene rings is 2. The van der Waals surface area contributed by atoms with Gasteiger partial charge in [0.15, 0.2) is 5.82 Å². The number of hydrogen-bond donors (Lipinski definition) is 1. The Kier molecular flexibility index (Phi) is 4.37. The van der Waals surface area contributed by atoms with Crippen molar-refractivity contribution >= 4 is 17.5 Å². The van der Waals surface area contributed by atoms with Gasteiger partial charge in [-0.1, -0.05) is 30.3 Å². The number of hydrogen-bond acceptors (Lipinski definition) is 5. The number of aromatic nitrogens is 4. The van der Waals surface area contributed by atoms with E-state index in [9.17, 15) is 9.59 Å². The molecule has 8 heteroatoms. The Labute approximate surface area is 155 Å². The lowest BCUT2D eigenvalue weighted by Crippen LogP contribution is -2.42. The predicted octanol–water partition coefficient (Wildman–Crippen LogP) is 1.51. The summed E-state index contributed by atoms with van der Waals surface area (Å²) in [6.45, 7) is 0.552. The molecule has 0 spiro atoms. The fraction of sp³-hybridized carbons (Fsp3) is 0.211. The van der Waals surface area contributed by atoms with Gasteiger partial charge in [0.2, 0.25) is 5.91 Å². The Bertz CT molecular complexity index is 1010. The van der Waals surface area contributed by atoms with E-state index in [1.807, 2.05) is 30.3 Å². The number of nitrogens with zero attached hydrogens (tertiary/aromatic N) is 5. The summed E-state index contributed by atoms with van der Waals surface area (Å²) >= 11 is 0. The van der Waals surface area contributed by atoms with E-state index in [0.29, 0.717) is 23.6 Å². The van der Waals surface area contributed by atoms with Gasteiger partial charge < -0.3 is 10.2 Å². The molecule has 3 aromatic rings. The van der Waals surface area contributed by atoms with Gasteiger partial charge in [-0.2, -0.15) is 0 Å². The predicted molar refractivity (Wildman–Crippen MR) is 98.9 cm³/mol. The first kappa shape index (κ1) is 16.9. The van der Waals surface area contributed by atoms with E-state index in [1.54, 1.807) is 34.8 Å². The first-order valence-electron chi connectivity index (χ1n) is 8.61. The molecule has 1 N–H and O–H groups in total. The van der Waals surface area contributed by atoms with Crippen molar-refractivity contribution in [3.05, 3.63) is 59.7 Å². The summed E-state index contributed by atoms with van der Waals surface area (Å²) in [5, 5.41) is 14.2. The molecule has 0 saturated carbocycles. The van der Waals surface area contributed by atoms with Crippen LogP contribution in [0.2, 0.25) is 0 Å². The van der Waals surface area contributed by atoms with Crippen molar-refractivity contribution in [2.45, 2.75) is 6.42 Å². The van der Waals surface area contributed by atoms with Gasteiger partial charge in [-0.05, 0) is 40.6 Å². The van der Waals surface area contributed by atoms with E-state index in [1.165, 1.54) is 0 Å². The summed E-state index contributed by atoms with van der Waals surface area (Å²) in [6, 6.07) is 14.8. The quantitative estimate of drug-likeness (QED) is 0.759. The van der Waals surface area contributed by atoms with Crippen LogP contribution in [0.1, 0.15) is 15.9 Å². The fourth-order valence-corrected chi connectivity index (χ4v) is 3.21. The van der Waals surface area contributed by atoms with Crippen LogP contribution in [0.25, 0.3) is 11.4 Å². The molecule has 136 valence electrons. The van der Waals surface area contributed by atoms with Gasteiger partial charge in [-0.15, -0.1) is 5.10 Å². The van der Waals surface area contributed by atoms with Crippen molar-refractivity contribution in [1.29, 1.82) is 0 Å². The zero-order valence-corrected chi connectivity index (χ0v) is 14.8. The minimum Gasteiger partial charge on any atom is -0.329 e. The third-order valence-corrected chi connectivity index (χ3v) is 4.55. The molecule has 0 aliphatic carbocycles. The summed E-state index contributed by atoms with van der Waals surface area (Å²) in [4.78, 5) is 26.6. The molecule has 0 unspecified atom stereocenters. The second-order valence-electron chi connectivity index (χ2n) is 6.39. The average molecular weight is 362 g/mol. The molecular formula is C19H18N6O2. The molecule has 2 amide bonds. The summed E-state index contributed by atoms with van der Waals surface area (Å²) in [7, 11) is 1.75. The lowest BCUT2D eigenvalue weighted by molar-refractivity contribution is -0.116. The van der Waals surface area contributed by atoms with Crippen LogP contribution in [0.3, 0.4) is 0 Å². The van der Waals surface area contributed by atoms with Gasteiger partial charge in [-0.25, -0.2) is 4.68 Å². The molecule has 1 aliphatic rings. The first-order valence-corrected chi connectivity index (χ1v) is 8.61. The van der Waals surface area contributed by atoms with E-state index in [-0.39, 0.29) is 18.4 Å². The molecule has 2 aromatic carbocycles. The highest BCUT2D eigenvalue weighted by atomic mass is 16.2. The van der Waals surface area contributed by atoms with E-state index >= 15 is 0 Å². The zero-order valence-electron chi connectivity index (χ0n) is 14.8. The monoisotopic (exact) mass is 362 g/mol. The molecule has 0 radical (unpaired) electrons. The van der Waals surface area contributed by atoms with Crippen LogP contribution in [-0.2, 0) is 18.3 Å². The fourth-order valence-electron chi connectivity index (χ4n) is 3.21. The number of tetrazole rings is 1. The van der Waals surface area contributed by atoms with Crippen LogP contribution in [-0.4, -0.2) is 50.0 Å². The Morgan fingerprint density at radius 1 is 1.19 bits per heavy atom. The highest BCUT2D eigenvalue weighted by Gasteiger charge is 2.25. The second kappa shape index (κ2) is 6.99. The standard InChI is InChI=1S/C19H18N6O2/c1-24-18(21-22-23-24)14-6-4-7-15(11-14)20-17(26)12-25-10-9-13-5-2-3-8-16(13)19(25)27/h2-8,11H,9-10,12H2,1H3,(H,20,26). The van der Waals surface area contributed by atoms with Crippen LogP contribution in [0.4, 0.5) is 5.69 Å². The Morgan fingerprint density at radius 3 is 2.85 bits per heavy atom. The molecule has 1 aromatic heterocycles. The van der Waals surface area contributed by atoms with E-state index in [2.05, 4.69) is 20.8 Å². The third-order valence-electron chi connectivity index (χ3n) is 4.55. The second-order valence-corrected chi connectivity index (χ2v) is 6.39. The molecule has 1 aliphatic heterocycles. The summed E-state index contributed by atoms with van der Waals surface area (Å²) in [5.74, 6) is 0.260. The highest BCUT2D eigenvalue weighted by molar-refractivity contribution is 6.01. The summed E-state index contributed by atoms with van der Waals surface area (Å²) in [6.07, 6.45) is 0.754. The number of aryl methyl sites for hydroxylation is 1. The molecule has 0 saturated heterocycles. The molecule has 2 heterocycles. The molecule has 0 bridgehead atoms. The number of amides is 2. The number of anilines is 1. The van der Waals surface area contributed by atoms with E-state index in [0.717, 1.165) is 17.5 Å². The van der Waals surface area contributed by atoms with Gasteiger partial charge in [0.05, 0.1) is 0 Å². The molecule has 8 nitrogen and oxygen atoms in total. The maximum absolute atomic E-state index is 12.6. The van der Waals surface area contributed by atoms with Crippen LogP contribution in [0.5, 0.6) is 0 Å². The molecule has 27 heavy (non-hydrogen) atoms. The van der Waals surface area contributed by atoms with Crippen LogP contribution < -0.4 is 5.32 Å². The lowest BCUT2D eigenvalue weighted by Gasteiger charge is -2.28. The van der Waals surface area contributed by atoms with Crippen molar-refractivity contribution in [3.8, 4) is 11.4 Å². The molecule has 0 fully saturated rings. The van der Waals surface area contributed by atoms with Crippen LogP contribution in [0.15, 0.2) is 48.5 Å². The van der Waals surface area contributed by atoms with Crippen molar-refractivity contribution in [1.82, 2.24) is 25.1 Å². The zero-order chi connectivity index (χ0) is 18.8. The summed E-state index contributed by atoms with van der Waals surface area (Å²) in [5.41, 5.74) is 3.13. The number of rotatable bonds is 4. The Balaban J connectivity index is 1.45. The van der Waals surface area contributed by atoms with Crippen molar-refractivity contribution in [2.75, 3.05) is 18.4 Å².